The lowest BCUT2D eigenvalue weighted by Crippen LogP contribution is -2.52. The van der Waals surface area contributed by atoms with Crippen molar-refractivity contribution in [2.45, 2.75) is 39.0 Å². The monoisotopic (exact) mass is 279 g/mol. The molecule has 2 rings (SSSR count). The Morgan fingerprint density at radius 3 is 2.45 bits per heavy atom. The highest BCUT2D eigenvalue weighted by atomic mass is 16.2. The van der Waals surface area contributed by atoms with E-state index < -0.39 is 0 Å². The van der Waals surface area contributed by atoms with E-state index >= 15 is 0 Å². The van der Waals surface area contributed by atoms with Crippen LogP contribution in [0, 0.1) is 0 Å². The topological polar surface area (TPSA) is 52.7 Å². The Bertz CT molecular complexity index is 385. The number of carbonyl (C=O) groups excluding carboxylic acids is 2. The van der Waals surface area contributed by atoms with Crippen molar-refractivity contribution in [3.05, 3.63) is 11.6 Å². The Hall–Kier alpha value is -1.52. The van der Waals surface area contributed by atoms with Crippen molar-refractivity contribution < 1.29 is 9.59 Å². The van der Waals surface area contributed by atoms with Crippen molar-refractivity contribution in [3.63, 3.8) is 0 Å². The molecule has 5 nitrogen and oxygen atoms in total. The number of amides is 3. The first kappa shape index (κ1) is 14.9. The fourth-order valence-electron chi connectivity index (χ4n) is 2.80. The molecule has 112 valence electrons. The van der Waals surface area contributed by atoms with Crippen molar-refractivity contribution in [1.82, 2.24) is 15.1 Å². The van der Waals surface area contributed by atoms with E-state index in [1.807, 2.05) is 0 Å². The number of nitrogens with one attached hydrogen (secondary N) is 1. The second-order valence-corrected chi connectivity index (χ2v) is 5.58. The van der Waals surface area contributed by atoms with Crippen molar-refractivity contribution >= 4 is 11.9 Å². The first-order chi connectivity index (χ1) is 9.66. The van der Waals surface area contributed by atoms with E-state index in [0.717, 1.165) is 13.0 Å². The highest BCUT2D eigenvalue weighted by Crippen LogP contribution is 2.19. The van der Waals surface area contributed by atoms with Gasteiger partial charge >= 0.3 is 6.03 Å². The number of hydrogen-bond donors (Lipinski definition) is 1. The molecule has 0 spiro atoms. The van der Waals surface area contributed by atoms with E-state index in [1.54, 1.807) is 16.7 Å². The van der Waals surface area contributed by atoms with E-state index in [4.69, 9.17) is 0 Å². The van der Waals surface area contributed by atoms with Gasteiger partial charge < -0.3 is 15.1 Å². The van der Waals surface area contributed by atoms with Crippen LogP contribution in [0.25, 0.3) is 0 Å². The van der Waals surface area contributed by atoms with Crippen LogP contribution < -0.4 is 5.32 Å². The van der Waals surface area contributed by atoms with Gasteiger partial charge in [-0.1, -0.05) is 11.6 Å². The number of hydrogen-bond acceptors (Lipinski definition) is 2. The highest BCUT2D eigenvalue weighted by molar-refractivity contribution is 5.76. The van der Waals surface area contributed by atoms with Crippen molar-refractivity contribution in [3.8, 4) is 0 Å². The molecule has 0 saturated carbocycles. The lowest BCUT2D eigenvalue weighted by molar-refractivity contribution is -0.130. The summed E-state index contributed by atoms with van der Waals surface area (Å²) in [6.45, 7) is 4.86. The average molecular weight is 279 g/mol. The molecule has 0 aromatic heterocycles. The van der Waals surface area contributed by atoms with Gasteiger partial charge in [-0.25, -0.2) is 4.79 Å². The first-order valence-electron chi connectivity index (χ1n) is 7.63. The Kier molecular flexibility index (Phi) is 5.44. The van der Waals surface area contributed by atoms with Gasteiger partial charge in [0.25, 0.3) is 0 Å². The van der Waals surface area contributed by atoms with Gasteiger partial charge in [-0.05, 0) is 32.1 Å². The second kappa shape index (κ2) is 7.31. The molecule has 1 N–H and O–H groups in total. The van der Waals surface area contributed by atoms with E-state index in [2.05, 4.69) is 11.4 Å². The quantitative estimate of drug-likeness (QED) is 0.800. The summed E-state index contributed by atoms with van der Waals surface area (Å²) in [5, 5.41) is 2.99. The largest absolute Gasteiger partial charge is 0.339 e. The van der Waals surface area contributed by atoms with E-state index in [1.165, 1.54) is 31.3 Å². The molecule has 0 bridgehead atoms. The molecule has 1 fully saturated rings. The molecular weight excluding hydrogens is 254 g/mol. The van der Waals surface area contributed by atoms with Crippen molar-refractivity contribution in [2.24, 2.45) is 0 Å². The average Bonchev–Trinajstić information content (AvgIpc) is 2.48. The molecule has 1 heterocycles. The number of allylic oxidation sites excluding steroid dienone is 1. The molecule has 0 aromatic rings. The minimum absolute atomic E-state index is 0.00427. The molecule has 0 radical (unpaired) electrons. The molecule has 5 heteroatoms. The van der Waals surface area contributed by atoms with Crippen LogP contribution in [0.1, 0.15) is 39.0 Å². The first-order valence-corrected chi connectivity index (χ1v) is 7.63. The minimum atomic E-state index is 0.00427. The summed E-state index contributed by atoms with van der Waals surface area (Å²) in [7, 11) is 0. The smallest absolute Gasteiger partial charge is 0.317 e. The molecule has 3 amide bonds. The molecular formula is C15H25N3O2. The van der Waals surface area contributed by atoms with Crippen LogP contribution in [0.5, 0.6) is 0 Å². The lowest BCUT2D eigenvalue weighted by Gasteiger charge is -2.34. The third-order valence-electron chi connectivity index (χ3n) is 4.12. The maximum atomic E-state index is 12.0. The van der Waals surface area contributed by atoms with Gasteiger partial charge in [0.2, 0.25) is 5.91 Å². The number of piperazine rings is 1. The van der Waals surface area contributed by atoms with Gasteiger partial charge in [-0.3, -0.25) is 4.79 Å². The molecule has 2 aliphatic rings. The summed E-state index contributed by atoms with van der Waals surface area (Å²) < 4.78 is 0. The fraction of sp³-hybridized carbons (Fsp3) is 0.733. The normalized spacial score (nSPS) is 19.6. The van der Waals surface area contributed by atoms with Crippen molar-refractivity contribution in [1.29, 1.82) is 0 Å². The molecule has 1 aliphatic carbocycles. The Morgan fingerprint density at radius 1 is 1.15 bits per heavy atom. The summed E-state index contributed by atoms with van der Waals surface area (Å²) in [5.74, 6) is 0.0919. The zero-order valence-electron chi connectivity index (χ0n) is 12.4. The number of urea groups is 1. The van der Waals surface area contributed by atoms with Crippen LogP contribution in [0.4, 0.5) is 4.79 Å². The van der Waals surface area contributed by atoms with E-state index in [9.17, 15) is 9.59 Å². The molecule has 0 atom stereocenters. The van der Waals surface area contributed by atoms with E-state index in [0.29, 0.717) is 26.2 Å². The van der Waals surface area contributed by atoms with Crippen molar-refractivity contribution in [2.75, 3.05) is 32.7 Å². The van der Waals surface area contributed by atoms with Gasteiger partial charge in [0.1, 0.15) is 0 Å². The molecule has 0 aromatic carbocycles. The van der Waals surface area contributed by atoms with Gasteiger partial charge in [0.05, 0.1) is 0 Å². The number of rotatable bonds is 3. The lowest BCUT2D eigenvalue weighted by atomic mass is 9.97. The standard InChI is InChI=1S/C15H25N3O2/c1-13(19)17-9-11-18(12-10-17)15(20)16-8-7-14-5-3-2-4-6-14/h5H,2-4,6-12H2,1H3,(H,16,20). The molecule has 0 unspecified atom stereocenters. The number of carbonyl (C=O) groups is 2. The zero-order chi connectivity index (χ0) is 14.4. The third-order valence-corrected chi connectivity index (χ3v) is 4.12. The molecule has 1 saturated heterocycles. The predicted molar refractivity (Wildman–Crippen MR) is 78.4 cm³/mol. The maximum absolute atomic E-state index is 12.0. The van der Waals surface area contributed by atoms with Gasteiger partial charge in [-0.15, -0.1) is 0 Å². The second-order valence-electron chi connectivity index (χ2n) is 5.58. The van der Waals surface area contributed by atoms with Gasteiger partial charge in [0.15, 0.2) is 0 Å². The molecule has 20 heavy (non-hydrogen) atoms. The van der Waals surface area contributed by atoms with Crippen LogP contribution >= 0.6 is 0 Å². The number of nitrogens with zero attached hydrogens (tertiary/aromatic N) is 2. The summed E-state index contributed by atoms with van der Waals surface area (Å²) >= 11 is 0. The SMILES string of the molecule is CC(=O)N1CCN(C(=O)NCCC2=CCCCC2)CC1. The van der Waals surface area contributed by atoms with E-state index in [-0.39, 0.29) is 11.9 Å². The Balaban J connectivity index is 1.65. The fourth-order valence-corrected chi connectivity index (χ4v) is 2.80. The molecule has 1 aliphatic heterocycles. The maximum Gasteiger partial charge on any atom is 0.317 e. The van der Waals surface area contributed by atoms with Crippen LogP contribution in [-0.2, 0) is 4.79 Å². The van der Waals surface area contributed by atoms with Gasteiger partial charge in [0, 0.05) is 39.6 Å². The summed E-state index contributed by atoms with van der Waals surface area (Å²) in [6, 6.07) is 0.00427. The zero-order valence-corrected chi connectivity index (χ0v) is 12.4. The van der Waals surface area contributed by atoms with Gasteiger partial charge in [-0.2, -0.15) is 0 Å². The predicted octanol–water partition coefficient (Wildman–Crippen LogP) is 1.75. The van der Waals surface area contributed by atoms with Crippen LogP contribution in [-0.4, -0.2) is 54.5 Å². The summed E-state index contributed by atoms with van der Waals surface area (Å²) in [4.78, 5) is 26.8. The van der Waals surface area contributed by atoms with Crippen LogP contribution in [0.15, 0.2) is 11.6 Å². The summed E-state index contributed by atoms with van der Waals surface area (Å²) in [6.07, 6.45) is 8.26. The summed E-state index contributed by atoms with van der Waals surface area (Å²) in [5.41, 5.74) is 1.48. The third kappa shape index (κ3) is 4.25. The minimum Gasteiger partial charge on any atom is -0.339 e. The van der Waals surface area contributed by atoms with Crippen LogP contribution in [0.3, 0.4) is 0 Å². The highest BCUT2D eigenvalue weighted by Gasteiger charge is 2.21. The van der Waals surface area contributed by atoms with Crippen LogP contribution in [0.2, 0.25) is 0 Å². The Morgan fingerprint density at radius 2 is 1.85 bits per heavy atom. The Labute approximate surface area is 121 Å².